The summed E-state index contributed by atoms with van der Waals surface area (Å²) in [6, 6.07) is 9.44. The molecule has 3 aromatic rings. The zero-order valence-electron chi connectivity index (χ0n) is 16.2. The molecular formula is C21H23ClN4O2. The van der Waals surface area contributed by atoms with Gasteiger partial charge in [0, 0.05) is 30.4 Å². The number of piperazine rings is 1. The third kappa shape index (κ3) is 3.38. The summed E-state index contributed by atoms with van der Waals surface area (Å²) in [7, 11) is 0. The van der Waals surface area contributed by atoms with Gasteiger partial charge in [-0.15, -0.1) is 0 Å². The SMILES string of the molecule is Cc1cc(C(=O)N2CCNCC2c2cccc(Cl)c2)c2c(C(C)C)noc2n1. The monoisotopic (exact) mass is 398 g/mol. The van der Waals surface area contributed by atoms with Crippen molar-refractivity contribution in [2.45, 2.75) is 32.7 Å². The van der Waals surface area contributed by atoms with Crippen LogP contribution in [0.1, 0.15) is 53.1 Å². The molecule has 1 saturated heterocycles. The number of pyridine rings is 1. The largest absolute Gasteiger partial charge is 0.335 e. The number of hydrogen-bond acceptors (Lipinski definition) is 5. The van der Waals surface area contributed by atoms with Crippen molar-refractivity contribution in [3.05, 3.63) is 57.9 Å². The molecule has 146 valence electrons. The lowest BCUT2D eigenvalue weighted by Gasteiger charge is -2.37. The number of hydrogen-bond donors (Lipinski definition) is 1. The van der Waals surface area contributed by atoms with E-state index in [1.807, 2.05) is 56.0 Å². The zero-order valence-corrected chi connectivity index (χ0v) is 17.0. The van der Waals surface area contributed by atoms with Gasteiger partial charge >= 0.3 is 0 Å². The molecule has 2 aromatic heterocycles. The van der Waals surface area contributed by atoms with Gasteiger partial charge in [0.2, 0.25) is 0 Å². The van der Waals surface area contributed by atoms with Gasteiger partial charge < -0.3 is 14.7 Å². The van der Waals surface area contributed by atoms with Crippen molar-refractivity contribution in [1.82, 2.24) is 20.4 Å². The summed E-state index contributed by atoms with van der Waals surface area (Å²) in [5.74, 6) is 0.0936. The Balaban J connectivity index is 1.80. The molecule has 0 bridgehead atoms. The lowest BCUT2D eigenvalue weighted by Crippen LogP contribution is -2.48. The smallest absolute Gasteiger partial charge is 0.259 e. The number of halogens is 1. The van der Waals surface area contributed by atoms with Gasteiger partial charge in [-0.3, -0.25) is 4.79 Å². The standard InChI is InChI=1S/C21H23ClN4O2/c1-12(2)19-18-16(9-13(3)24-20(18)28-25-19)21(27)26-8-7-23-11-17(26)14-5-4-6-15(22)10-14/h4-6,9-10,12,17,23H,7-8,11H2,1-3H3. The normalized spacial score (nSPS) is 17.5. The highest BCUT2D eigenvalue weighted by Crippen LogP contribution is 2.31. The number of carbonyl (C=O) groups is 1. The number of nitrogens with zero attached hydrogens (tertiary/aromatic N) is 3. The van der Waals surface area contributed by atoms with E-state index in [-0.39, 0.29) is 17.9 Å². The molecule has 0 saturated carbocycles. The number of aromatic nitrogens is 2. The Morgan fingerprint density at radius 1 is 1.36 bits per heavy atom. The second-order valence-corrected chi connectivity index (χ2v) is 7.92. The van der Waals surface area contributed by atoms with Crippen LogP contribution >= 0.6 is 11.6 Å². The van der Waals surface area contributed by atoms with E-state index in [0.717, 1.165) is 23.5 Å². The fourth-order valence-corrected chi connectivity index (χ4v) is 3.97. The topological polar surface area (TPSA) is 71.3 Å². The third-order valence-electron chi connectivity index (χ3n) is 5.12. The molecule has 1 atom stereocenters. The van der Waals surface area contributed by atoms with Crippen LogP contribution in [-0.4, -0.2) is 40.6 Å². The minimum Gasteiger partial charge on any atom is -0.335 e. The number of fused-ring (bicyclic) bond motifs is 1. The summed E-state index contributed by atoms with van der Waals surface area (Å²) in [5, 5.41) is 8.94. The molecule has 1 fully saturated rings. The summed E-state index contributed by atoms with van der Waals surface area (Å²) < 4.78 is 5.43. The number of amides is 1. The van der Waals surface area contributed by atoms with Crippen molar-refractivity contribution < 1.29 is 9.32 Å². The molecule has 1 aromatic carbocycles. The van der Waals surface area contributed by atoms with Gasteiger partial charge in [0.1, 0.15) is 0 Å². The summed E-state index contributed by atoms with van der Waals surface area (Å²) in [4.78, 5) is 20.0. The van der Waals surface area contributed by atoms with E-state index in [1.165, 1.54) is 0 Å². The summed E-state index contributed by atoms with van der Waals surface area (Å²) >= 11 is 6.20. The van der Waals surface area contributed by atoms with Crippen LogP contribution in [-0.2, 0) is 0 Å². The van der Waals surface area contributed by atoms with Crippen molar-refractivity contribution in [3.63, 3.8) is 0 Å². The fourth-order valence-electron chi connectivity index (χ4n) is 3.77. The second-order valence-electron chi connectivity index (χ2n) is 7.49. The number of nitrogens with one attached hydrogen (secondary N) is 1. The first-order valence-electron chi connectivity index (χ1n) is 9.49. The average Bonchev–Trinajstić information content (AvgIpc) is 3.11. The first-order valence-corrected chi connectivity index (χ1v) is 9.87. The van der Waals surface area contributed by atoms with Crippen molar-refractivity contribution >= 4 is 28.6 Å². The molecule has 1 aliphatic rings. The van der Waals surface area contributed by atoms with E-state index in [4.69, 9.17) is 16.1 Å². The lowest BCUT2D eigenvalue weighted by molar-refractivity contribution is 0.0636. The number of aryl methyl sites for hydroxylation is 1. The Bertz CT molecular complexity index is 1030. The molecule has 4 rings (SSSR count). The summed E-state index contributed by atoms with van der Waals surface area (Å²) in [5.41, 5.74) is 3.53. The number of benzene rings is 1. The van der Waals surface area contributed by atoms with Crippen LogP contribution in [0, 0.1) is 6.92 Å². The quantitative estimate of drug-likeness (QED) is 0.719. The van der Waals surface area contributed by atoms with Crippen LogP contribution in [0.3, 0.4) is 0 Å². The number of carbonyl (C=O) groups excluding carboxylic acids is 1. The van der Waals surface area contributed by atoms with Gasteiger partial charge in [0.25, 0.3) is 11.6 Å². The molecule has 1 unspecified atom stereocenters. The maximum Gasteiger partial charge on any atom is 0.259 e. The lowest BCUT2D eigenvalue weighted by atomic mass is 9.99. The van der Waals surface area contributed by atoms with Gasteiger partial charge in [-0.05, 0) is 36.6 Å². The van der Waals surface area contributed by atoms with E-state index in [0.29, 0.717) is 34.8 Å². The maximum absolute atomic E-state index is 13.7. The van der Waals surface area contributed by atoms with Crippen LogP contribution < -0.4 is 5.32 Å². The Kier molecular flexibility index (Phi) is 5.08. The molecule has 1 aliphatic heterocycles. The molecule has 0 aliphatic carbocycles. The van der Waals surface area contributed by atoms with Crippen LogP contribution in [0.5, 0.6) is 0 Å². The highest BCUT2D eigenvalue weighted by Gasteiger charge is 2.31. The Hall–Kier alpha value is -2.44. The minimum absolute atomic E-state index is 0.0351. The minimum atomic E-state index is -0.0918. The van der Waals surface area contributed by atoms with Gasteiger partial charge in [0.15, 0.2) is 0 Å². The molecule has 1 N–H and O–H groups in total. The summed E-state index contributed by atoms with van der Waals surface area (Å²) in [6.07, 6.45) is 0. The van der Waals surface area contributed by atoms with Crippen LogP contribution in [0.25, 0.3) is 11.1 Å². The fraction of sp³-hybridized carbons (Fsp3) is 0.381. The van der Waals surface area contributed by atoms with E-state index < -0.39 is 0 Å². The average molecular weight is 399 g/mol. The predicted molar refractivity (Wildman–Crippen MR) is 109 cm³/mol. The molecular weight excluding hydrogens is 376 g/mol. The van der Waals surface area contributed by atoms with Crippen molar-refractivity contribution in [2.24, 2.45) is 0 Å². The van der Waals surface area contributed by atoms with Gasteiger partial charge in [0.05, 0.1) is 22.7 Å². The molecule has 6 nitrogen and oxygen atoms in total. The predicted octanol–water partition coefficient (Wildman–Crippen LogP) is 4.09. The van der Waals surface area contributed by atoms with Crippen LogP contribution in [0.2, 0.25) is 5.02 Å². The van der Waals surface area contributed by atoms with E-state index in [9.17, 15) is 4.79 Å². The van der Waals surface area contributed by atoms with E-state index in [2.05, 4.69) is 15.5 Å². The van der Waals surface area contributed by atoms with E-state index in [1.54, 1.807) is 0 Å². The first-order chi connectivity index (χ1) is 13.5. The van der Waals surface area contributed by atoms with E-state index >= 15 is 0 Å². The molecule has 28 heavy (non-hydrogen) atoms. The van der Waals surface area contributed by atoms with Crippen molar-refractivity contribution in [2.75, 3.05) is 19.6 Å². The van der Waals surface area contributed by atoms with Gasteiger partial charge in [-0.1, -0.05) is 42.7 Å². The highest BCUT2D eigenvalue weighted by atomic mass is 35.5. The summed E-state index contributed by atoms with van der Waals surface area (Å²) in [6.45, 7) is 7.97. The third-order valence-corrected chi connectivity index (χ3v) is 5.35. The first kappa shape index (κ1) is 18.9. The molecule has 7 heteroatoms. The maximum atomic E-state index is 13.7. The molecule has 3 heterocycles. The zero-order chi connectivity index (χ0) is 19.8. The Morgan fingerprint density at radius 2 is 2.18 bits per heavy atom. The Labute approximate surface area is 168 Å². The Morgan fingerprint density at radius 3 is 2.93 bits per heavy atom. The molecule has 1 amide bonds. The molecule has 0 radical (unpaired) electrons. The van der Waals surface area contributed by atoms with Crippen molar-refractivity contribution in [1.29, 1.82) is 0 Å². The number of rotatable bonds is 3. The second kappa shape index (κ2) is 7.53. The van der Waals surface area contributed by atoms with Crippen LogP contribution in [0.15, 0.2) is 34.9 Å². The van der Waals surface area contributed by atoms with Crippen molar-refractivity contribution in [3.8, 4) is 0 Å². The van der Waals surface area contributed by atoms with Gasteiger partial charge in [-0.2, -0.15) is 0 Å². The molecule has 0 spiro atoms. The van der Waals surface area contributed by atoms with Crippen LogP contribution in [0.4, 0.5) is 0 Å². The van der Waals surface area contributed by atoms with Gasteiger partial charge in [-0.25, -0.2) is 4.98 Å². The highest BCUT2D eigenvalue weighted by molar-refractivity contribution is 6.30.